The molecule has 0 radical (unpaired) electrons. The van der Waals surface area contributed by atoms with Crippen molar-refractivity contribution in [2.75, 3.05) is 7.11 Å². The molecule has 1 aromatic heterocycles. The number of thiophene rings is 1. The van der Waals surface area contributed by atoms with Crippen LogP contribution in [0.1, 0.15) is 11.1 Å². The lowest BCUT2D eigenvalue weighted by atomic mass is 10.1. The highest BCUT2D eigenvalue weighted by Crippen LogP contribution is 2.35. The highest BCUT2D eigenvalue weighted by Gasteiger charge is 2.05. The topological polar surface area (TPSA) is 9.23 Å². The van der Waals surface area contributed by atoms with E-state index in [1.165, 1.54) is 32.0 Å². The second-order valence-corrected chi connectivity index (χ2v) is 7.34. The molecule has 27 heavy (non-hydrogen) atoms. The predicted molar refractivity (Wildman–Crippen MR) is 117 cm³/mol. The van der Waals surface area contributed by atoms with Gasteiger partial charge in [-0.15, -0.1) is 11.3 Å². The number of hydrogen-bond donors (Lipinski definition) is 0. The first-order valence-electron chi connectivity index (χ1n) is 8.90. The molecule has 0 saturated carbocycles. The Morgan fingerprint density at radius 1 is 0.593 bits per heavy atom. The first-order chi connectivity index (χ1) is 13.3. The average Bonchev–Trinajstić information content (AvgIpc) is 3.24. The zero-order valence-corrected chi connectivity index (χ0v) is 15.9. The van der Waals surface area contributed by atoms with E-state index >= 15 is 0 Å². The molecule has 4 aromatic rings. The molecule has 132 valence electrons. The van der Waals surface area contributed by atoms with Gasteiger partial charge in [-0.3, -0.25) is 0 Å². The molecule has 1 nitrogen and oxygen atoms in total. The molecule has 0 fully saturated rings. The molecule has 0 amide bonds. The maximum atomic E-state index is 5.24. The minimum absolute atomic E-state index is 0.884. The lowest BCUT2D eigenvalue weighted by Crippen LogP contribution is -1.81. The Kier molecular flexibility index (Phi) is 5.17. The van der Waals surface area contributed by atoms with Crippen LogP contribution in [0, 0.1) is 0 Å². The van der Waals surface area contributed by atoms with Gasteiger partial charge in [0.2, 0.25) is 0 Å². The molecule has 0 aliphatic heterocycles. The van der Waals surface area contributed by atoms with Crippen molar-refractivity contribution in [1.29, 1.82) is 0 Å². The zero-order chi connectivity index (χ0) is 18.5. The number of benzene rings is 3. The van der Waals surface area contributed by atoms with Gasteiger partial charge < -0.3 is 4.74 Å². The zero-order valence-electron chi connectivity index (χ0n) is 15.1. The Morgan fingerprint density at radius 2 is 1.11 bits per heavy atom. The third kappa shape index (κ3) is 4.18. The van der Waals surface area contributed by atoms with Crippen molar-refractivity contribution in [2.24, 2.45) is 0 Å². The second kappa shape index (κ2) is 8.07. The van der Waals surface area contributed by atoms with Crippen LogP contribution in [0.15, 0.2) is 91.0 Å². The quantitative estimate of drug-likeness (QED) is 0.337. The molecule has 3 aromatic carbocycles. The molecule has 0 unspecified atom stereocenters. The third-order valence-electron chi connectivity index (χ3n) is 4.44. The number of methoxy groups -OCH3 is 1. The molecule has 0 bridgehead atoms. The van der Waals surface area contributed by atoms with Gasteiger partial charge in [-0.1, -0.05) is 66.7 Å². The van der Waals surface area contributed by atoms with Crippen molar-refractivity contribution < 1.29 is 4.74 Å². The van der Waals surface area contributed by atoms with E-state index in [0.717, 1.165) is 5.75 Å². The Balaban J connectivity index is 1.50. The monoisotopic (exact) mass is 368 g/mol. The third-order valence-corrected chi connectivity index (χ3v) is 5.63. The van der Waals surface area contributed by atoms with Crippen molar-refractivity contribution >= 4 is 23.5 Å². The van der Waals surface area contributed by atoms with E-state index < -0.39 is 0 Å². The van der Waals surface area contributed by atoms with Gasteiger partial charge in [0.15, 0.2) is 0 Å². The van der Waals surface area contributed by atoms with Gasteiger partial charge in [-0.2, -0.15) is 0 Å². The van der Waals surface area contributed by atoms with E-state index in [9.17, 15) is 0 Å². The Morgan fingerprint density at radius 3 is 1.67 bits per heavy atom. The van der Waals surface area contributed by atoms with Gasteiger partial charge in [0.25, 0.3) is 0 Å². The van der Waals surface area contributed by atoms with Crippen LogP contribution in [0.5, 0.6) is 5.75 Å². The molecule has 0 N–H and O–H groups in total. The van der Waals surface area contributed by atoms with Crippen molar-refractivity contribution in [1.82, 2.24) is 0 Å². The van der Waals surface area contributed by atoms with Crippen LogP contribution in [0.3, 0.4) is 0 Å². The van der Waals surface area contributed by atoms with Crippen molar-refractivity contribution in [3.8, 4) is 26.6 Å². The average molecular weight is 369 g/mol. The van der Waals surface area contributed by atoms with Gasteiger partial charge in [0.1, 0.15) is 5.75 Å². The molecule has 4 rings (SSSR count). The first kappa shape index (κ1) is 17.3. The van der Waals surface area contributed by atoms with E-state index in [0.29, 0.717) is 0 Å². The number of hydrogen-bond acceptors (Lipinski definition) is 2. The van der Waals surface area contributed by atoms with E-state index in [2.05, 4.69) is 84.9 Å². The van der Waals surface area contributed by atoms with E-state index in [1.54, 1.807) is 7.11 Å². The van der Waals surface area contributed by atoms with Crippen molar-refractivity contribution in [3.05, 3.63) is 102 Å². The summed E-state index contributed by atoms with van der Waals surface area (Å²) in [6.45, 7) is 0. The Bertz CT molecular complexity index is 1030. The van der Waals surface area contributed by atoms with Gasteiger partial charge in [-0.25, -0.2) is 0 Å². The summed E-state index contributed by atoms with van der Waals surface area (Å²) >= 11 is 1.81. The summed E-state index contributed by atoms with van der Waals surface area (Å²) in [5.74, 6) is 0.884. The maximum absolute atomic E-state index is 5.24. The van der Waals surface area contributed by atoms with E-state index in [1.807, 2.05) is 29.5 Å². The molecular weight excluding hydrogens is 348 g/mol. The van der Waals surface area contributed by atoms with Crippen LogP contribution >= 0.6 is 11.3 Å². The van der Waals surface area contributed by atoms with E-state index in [-0.39, 0.29) is 0 Å². The van der Waals surface area contributed by atoms with Gasteiger partial charge >= 0.3 is 0 Å². The second-order valence-electron chi connectivity index (χ2n) is 6.26. The lowest BCUT2D eigenvalue weighted by Gasteiger charge is -2.01. The van der Waals surface area contributed by atoms with Crippen molar-refractivity contribution in [2.45, 2.75) is 0 Å². The maximum Gasteiger partial charge on any atom is 0.118 e. The molecule has 0 aliphatic rings. The summed E-state index contributed by atoms with van der Waals surface area (Å²) in [5, 5.41) is 0. The number of ether oxygens (including phenoxy) is 1. The van der Waals surface area contributed by atoms with Gasteiger partial charge in [-0.05, 0) is 58.7 Å². The largest absolute Gasteiger partial charge is 0.497 e. The molecular formula is C25H20OS. The molecule has 0 saturated heterocycles. The van der Waals surface area contributed by atoms with Crippen LogP contribution in [0.4, 0.5) is 0 Å². The minimum Gasteiger partial charge on any atom is -0.497 e. The van der Waals surface area contributed by atoms with Gasteiger partial charge in [0.05, 0.1) is 7.11 Å². The minimum atomic E-state index is 0.884. The van der Waals surface area contributed by atoms with Crippen LogP contribution in [-0.4, -0.2) is 7.11 Å². The summed E-state index contributed by atoms with van der Waals surface area (Å²) < 4.78 is 5.24. The molecule has 1 heterocycles. The SMILES string of the molecule is COc1ccc(-c2ccc(-c3ccc(/C=C/c4ccccc4)cc3)s2)cc1. The Hall–Kier alpha value is -3.10. The smallest absolute Gasteiger partial charge is 0.118 e. The summed E-state index contributed by atoms with van der Waals surface area (Å²) in [5.41, 5.74) is 4.88. The summed E-state index contributed by atoms with van der Waals surface area (Å²) in [6.07, 6.45) is 4.29. The van der Waals surface area contributed by atoms with Crippen LogP contribution in [-0.2, 0) is 0 Å². The number of rotatable bonds is 5. The molecule has 0 aliphatic carbocycles. The van der Waals surface area contributed by atoms with Crippen LogP contribution in [0.2, 0.25) is 0 Å². The highest BCUT2D eigenvalue weighted by atomic mass is 32.1. The summed E-state index contributed by atoms with van der Waals surface area (Å²) in [4.78, 5) is 2.54. The summed E-state index contributed by atoms with van der Waals surface area (Å²) in [7, 11) is 1.69. The summed E-state index contributed by atoms with van der Waals surface area (Å²) in [6, 6.07) is 31.7. The van der Waals surface area contributed by atoms with E-state index in [4.69, 9.17) is 4.74 Å². The van der Waals surface area contributed by atoms with Crippen molar-refractivity contribution in [3.63, 3.8) is 0 Å². The van der Waals surface area contributed by atoms with Gasteiger partial charge in [0, 0.05) is 9.75 Å². The fourth-order valence-electron chi connectivity index (χ4n) is 2.92. The standard InChI is InChI=1S/C25H20OS/c1-26-23-15-13-22(14-16-23)25-18-17-24(27-25)21-11-9-20(10-12-21)8-7-19-5-3-2-4-6-19/h2-18H,1H3/b8-7+. The van der Waals surface area contributed by atoms with Crippen LogP contribution in [0.25, 0.3) is 33.0 Å². The first-order valence-corrected chi connectivity index (χ1v) is 9.71. The van der Waals surface area contributed by atoms with Crippen LogP contribution < -0.4 is 4.74 Å². The lowest BCUT2D eigenvalue weighted by molar-refractivity contribution is 0.415. The molecule has 2 heteroatoms. The fraction of sp³-hybridized carbons (Fsp3) is 0.0400. The Labute approximate surface area is 164 Å². The predicted octanol–water partition coefficient (Wildman–Crippen LogP) is 7.26. The fourth-order valence-corrected chi connectivity index (χ4v) is 3.94. The highest BCUT2D eigenvalue weighted by molar-refractivity contribution is 7.18. The molecule has 0 atom stereocenters. The molecule has 0 spiro atoms. The normalized spacial score (nSPS) is 11.0.